The van der Waals surface area contributed by atoms with E-state index in [0.29, 0.717) is 28.7 Å². The SMILES string of the molecule is COc1cccc(-c2cnnc(-n3nc(C)c4c3NC(=O)C[C@H]4c3ccc(Cl)cc3)n2)c1. The van der Waals surface area contributed by atoms with E-state index in [0.717, 1.165) is 22.4 Å². The summed E-state index contributed by atoms with van der Waals surface area (Å²) in [4.78, 5) is 17.2. The van der Waals surface area contributed by atoms with Crippen molar-refractivity contribution in [1.82, 2.24) is 25.0 Å². The van der Waals surface area contributed by atoms with Crippen LogP contribution < -0.4 is 10.1 Å². The van der Waals surface area contributed by atoms with Gasteiger partial charge in [0.1, 0.15) is 11.6 Å². The number of aryl methyl sites for hydroxylation is 1. The van der Waals surface area contributed by atoms with E-state index < -0.39 is 0 Å². The number of benzene rings is 2. The summed E-state index contributed by atoms with van der Waals surface area (Å²) in [6, 6.07) is 15.1. The third kappa shape index (κ3) is 3.58. The fraction of sp³-hybridized carbons (Fsp3) is 0.174. The molecule has 2 aromatic carbocycles. The van der Waals surface area contributed by atoms with Gasteiger partial charge in [-0.2, -0.15) is 14.9 Å². The Labute approximate surface area is 189 Å². The van der Waals surface area contributed by atoms with Crippen LogP contribution in [0.15, 0.2) is 54.7 Å². The van der Waals surface area contributed by atoms with E-state index in [1.54, 1.807) is 18.0 Å². The standard InChI is InChI=1S/C23H19ClN6O2/c1-13-21-18(14-6-8-16(24)9-7-14)11-20(31)27-22(21)30(29-13)23-26-19(12-25-28-23)15-4-3-5-17(10-15)32-2/h3-10,12,18H,11H2,1-2H3,(H,27,31)/t18-/m0/s1. The van der Waals surface area contributed by atoms with Crippen LogP contribution in [-0.2, 0) is 4.79 Å². The van der Waals surface area contributed by atoms with Crippen LogP contribution in [-0.4, -0.2) is 38.0 Å². The van der Waals surface area contributed by atoms with Crippen molar-refractivity contribution in [3.05, 3.63) is 76.6 Å². The molecule has 1 amide bonds. The van der Waals surface area contributed by atoms with Crippen molar-refractivity contribution in [3.63, 3.8) is 0 Å². The van der Waals surface area contributed by atoms with Crippen LogP contribution in [0, 0.1) is 6.92 Å². The van der Waals surface area contributed by atoms with E-state index in [9.17, 15) is 4.79 Å². The van der Waals surface area contributed by atoms with Crippen LogP contribution in [0.25, 0.3) is 17.2 Å². The van der Waals surface area contributed by atoms with Gasteiger partial charge in [0.25, 0.3) is 5.95 Å². The molecule has 0 bridgehead atoms. The molecule has 0 radical (unpaired) electrons. The quantitative estimate of drug-likeness (QED) is 0.505. The van der Waals surface area contributed by atoms with Crippen LogP contribution in [0.1, 0.15) is 29.2 Å². The van der Waals surface area contributed by atoms with E-state index in [4.69, 9.17) is 16.3 Å². The van der Waals surface area contributed by atoms with Gasteiger partial charge in [0.2, 0.25) is 5.91 Å². The summed E-state index contributed by atoms with van der Waals surface area (Å²) in [6.45, 7) is 1.91. The Morgan fingerprint density at radius 2 is 2.00 bits per heavy atom. The van der Waals surface area contributed by atoms with E-state index in [1.807, 2.05) is 55.5 Å². The molecule has 0 saturated heterocycles. The number of halogens is 1. The Hall–Kier alpha value is -3.78. The summed E-state index contributed by atoms with van der Waals surface area (Å²) >= 11 is 6.05. The normalized spacial score (nSPS) is 15.2. The first-order valence-corrected chi connectivity index (χ1v) is 10.4. The minimum absolute atomic E-state index is 0.101. The fourth-order valence-electron chi connectivity index (χ4n) is 3.98. The summed E-state index contributed by atoms with van der Waals surface area (Å²) in [5.74, 6) is 1.30. The van der Waals surface area contributed by atoms with Gasteiger partial charge in [-0.1, -0.05) is 35.9 Å². The highest BCUT2D eigenvalue weighted by molar-refractivity contribution is 6.30. The van der Waals surface area contributed by atoms with Gasteiger partial charge in [-0.25, -0.2) is 4.98 Å². The number of aromatic nitrogens is 5. The molecule has 0 unspecified atom stereocenters. The molecular weight excluding hydrogens is 428 g/mol. The van der Waals surface area contributed by atoms with Crippen molar-refractivity contribution in [2.24, 2.45) is 0 Å². The van der Waals surface area contributed by atoms with Gasteiger partial charge in [0, 0.05) is 28.5 Å². The topological polar surface area (TPSA) is 94.8 Å². The van der Waals surface area contributed by atoms with Gasteiger partial charge in [-0.3, -0.25) is 4.79 Å². The third-order valence-corrected chi connectivity index (χ3v) is 5.73. The first kappa shape index (κ1) is 20.1. The van der Waals surface area contributed by atoms with Gasteiger partial charge in [-0.05, 0) is 36.8 Å². The molecule has 0 fully saturated rings. The molecule has 160 valence electrons. The predicted molar refractivity (Wildman–Crippen MR) is 120 cm³/mol. The number of carbonyl (C=O) groups is 1. The fourth-order valence-corrected chi connectivity index (χ4v) is 4.10. The Morgan fingerprint density at radius 1 is 1.19 bits per heavy atom. The number of anilines is 1. The number of ether oxygens (including phenoxy) is 1. The number of fused-ring (bicyclic) bond motifs is 1. The zero-order valence-corrected chi connectivity index (χ0v) is 18.2. The van der Waals surface area contributed by atoms with Crippen molar-refractivity contribution in [1.29, 1.82) is 0 Å². The summed E-state index contributed by atoms with van der Waals surface area (Å²) in [5.41, 5.74) is 4.17. The van der Waals surface area contributed by atoms with E-state index in [2.05, 4.69) is 25.6 Å². The summed E-state index contributed by atoms with van der Waals surface area (Å²) < 4.78 is 6.85. The highest BCUT2D eigenvalue weighted by Crippen LogP contribution is 2.40. The second-order valence-electron chi connectivity index (χ2n) is 7.49. The lowest BCUT2D eigenvalue weighted by Gasteiger charge is -2.24. The number of carbonyl (C=O) groups excluding carboxylic acids is 1. The van der Waals surface area contributed by atoms with Gasteiger partial charge in [0.05, 0.1) is 24.7 Å². The van der Waals surface area contributed by atoms with Crippen LogP contribution >= 0.6 is 11.6 Å². The molecule has 1 atom stereocenters. The monoisotopic (exact) mass is 446 g/mol. The average Bonchev–Trinajstić information content (AvgIpc) is 3.15. The maximum absolute atomic E-state index is 12.6. The van der Waals surface area contributed by atoms with Gasteiger partial charge in [-0.15, -0.1) is 5.10 Å². The largest absolute Gasteiger partial charge is 0.497 e. The minimum atomic E-state index is -0.140. The van der Waals surface area contributed by atoms with Gasteiger partial charge >= 0.3 is 0 Å². The molecule has 32 heavy (non-hydrogen) atoms. The highest BCUT2D eigenvalue weighted by Gasteiger charge is 2.33. The summed E-state index contributed by atoms with van der Waals surface area (Å²) in [5, 5.41) is 16.5. The van der Waals surface area contributed by atoms with Crippen LogP contribution in [0.5, 0.6) is 5.75 Å². The molecule has 0 aliphatic carbocycles. The molecule has 4 aromatic rings. The molecular formula is C23H19ClN6O2. The highest BCUT2D eigenvalue weighted by atomic mass is 35.5. The predicted octanol–water partition coefficient (Wildman–Crippen LogP) is 4.17. The molecule has 8 nitrogen and oxygen atoms in total. The maximum atomic E-state index is 12.6. The number of hydrogen-bond acceptors (Lipinski definition) is 6. The lowest BCUT2D eigenvalue weighted by Crippen LogP contribution is -2.25. The Bertz CT molecular complexity index is 1320. The van der Waals surface area contributed by atoms with Crippen molar-refractivity contribution in [2.75, 3.05) is 12.4 Å². The van der Waals surface area contributed by atoms with Crippen LogP contribution in [0.2, 0.25) is 5.02 Å². The zero-order valence-electron chi connectivity index (χ0n) is 17.4. The average molecular weight is 447 g/mol. The van der Waals surface area contributed by atoms with Crippen molar-refractivity contribution < 1.29 is 9.53 Å². The Balaban J connectivity index is 1.60. The second kappa shape index (κ2) is 8.05. The molecule has 9 heteroatoms. The number of nitrogens with one attached hydrogen (secondary N) is 1. The number of nitrogens with zero attached hydrogens (tertiary/aromatic N) is 5. The first-order chi connectivity index (χ1) is 15.5. The lowest BCUT2D eigenvalue weighted by atomic mass is 9.86. The third-order valence-electron chi connectivity index (χ3n) is 5.48. The van der Waals surface area contributed by atoms with E-state index >= 15 is 0 Å². The van der Waals surface area contributed by atoms with Gasteiger partial charge in [0.15, 0.2) is 0 Å². The molecule has 5 rings (SSSR count). The van der Waals surface area contributed by atoms with E-state index in [-0.39, 0.29) is 17.8 Å². The Kier molecular flexibility index (Phi) is 5.07. The van der Waals surface area contributed by atoms with Crippen molar-refractivity contribution in [2.45, 2.75) is 19.3 Å². The number of rotatable bonds is 4. The number of hydrogen-bond donors (Lipinski definition) is 1. The number of methoxy groups -OCH3 is 1. The molecule has 3 heterocycles. The zero-order chi connectivity index (χ0) is 22.2. The van der Waals surface area contributed by atoms with Crippen LogP contribution in [0.3, 0.4) is 0 Å². The molecule has 0 spiro atoms. The van der Waals surface area contributed by atoms with Crippen molar-refractivity contribution in [3.8, 4) is 23.0 Å². The molecule has 1 aliphatic rings. The lowest BCUT2D eigenvalue weighted by molar-refractivity contribution is -0.116. The maximum Gasteiger partial charge on any atom is 0.272 e. The Morgan fingerprint density at radius 3 is 2.78 bits per heavy atom. The summed E-state index contributed by atoms with van der Waals surface area (Å²) in [7, 11) is 1.61. The van der Waals surface area contributed by atoms with E-state index in [1.165, 1.54) is 0 Å². The smallest absolute Gasteiger partial charge is 0.272 e. The van der Waals surface area contributed by atoms with Gasteiger partial charge < -0.3 is 10.1 Å². The molecule has 1 aliphatic heterocycles. The van der Waals surface area contributed by atoms with Crippen LogP contribution in [0.4, 0.5) is 5.82 Å². The second-order valence-corrected chi connectivity index (χ2v) is 7.93. The molecule has 0 saturated carbocycles. The molecule has 2 aromatic heterocycles. The number of amides is 1. The first-order valence-electron chi connectivity index (χ1n) is 10.0. The minimum Gasteiger partial charge on any atom is -0.497 e. The molecule has 1 N–H and O–H groups in total. The van der Waals surface area contributed by atoms with Crippen molar-refractivity contribution >= 4 is 23.3 Å². The summed E-state index contributed by atoms with van der Waals surface area (Å²) in [6.07, 6.45) is 1.90.